The second kappa shape index (κ2) is 7.56. The summed E-state index contributed by atoms with van der Waals surface area (Å²) in [6.07, 6.45) is -1.19. The lowest BCUT2D eigenvalue weighted by molar-refractivity contribution is 0.203. The second-order valence-corrected chi connectivity index (χ2v) is 7.52. The molecule has 1 aromatic heterocycles. The van der Waals surface area contributed by atoms with Gasteiger partial charge in [-0.15, -0.1) is 0 Å². The minimum Gasteiger partial charge on any atom is -0.508 e. The number of hydrogen-bond acceptors (Lipinski definition) is 3. The van der Waals surface area contributed by atoms with Crippen LogP contribution in [-0.4, -0.2) is 27.9 Å². The molecule has 2 N–H and O–H groups in total. The van der Waals surface area contributed by atoms with Crippen molar-refractivity contribution < 1.29 is 15.0 Å². The number of anilines is 1. The van der Waals surface area contributed by atoms with E-state index < -0.39 is 6.09 Å². The molecule has 1 heterocycles. The molecule has 6 nitrogen and oxygen atoms in total. The van der Waals surface area contributed by atoms with Crippen molar-refractivity contribution in [2.45, 2.75) is 20.4 Å². The van der Waals surface area contributed by atoms with Gasteiger partial charge in [0.25, 0.3) is 5.56 Å². The smallest absolute Gasteiger partial charge is 0.412 e. The van der Waals surface area contributed by atoms with E-state index in [1.807, 2.05) is 13.8 Å². The normalized spacial score (nSPS) is 11.2. The van der Waals surface area contributed by atoms with Crippen LogP contribution in [0.25, 0.3) is 21.9 Å². The minimum absolute atomic E-state index is 0.00680. The quantitative estimate of drug-likeness (QED) is 0.659. The van der Waals surface area contributed by atoms with Crippen LogP contribution in [-0.2, 0) is 6.54 Å². The zero-order valence-electron chi connectivity index (χ0n) is 15.8. The number of phenolic OH excluding ortho intramolecular Hbond substituents is 1. The van der Waals surface area contributed by atoms with Gasteiger partial charge in [0, 0.05) is 35.0 Å². The van der Waals surface area contributed by atoms with E-state index in [0.29, 0.717) is 33.5 Å². The standard InChI is InChI=1S/C21H21ClN2O4/c1-12(2)11-24-19(23(3)21(27)28)18(13-4-6-14(22)7-5-13)17-10-15(25)8-9-16(17)20(24)26/h4-10,12,25H,11H2,1-3H3,(H,27,28). The molecule has 0 aliphatic rings. The molecule has 7 heteroatoms. The van der Waals surface area contributed by atoms with Crippen molar-refractivity contribution in [2.24, 2.45) is 5.92 Å². The first-order chi connectivity index (χ1) is 13.2. The number of hydrogen-bond donors (Lipinski definition) is 2. The fourth-order valence-electron chi connectivity index (χ4n) is 3.30. The molecule has 0 saturated carbocycles. The maximum atomic E-state index is 13.2. The molecule has 3 rings (SSSR count). The van der Waals surface area contributed by atoms with Gasteiger partial charge in [-0.25, -0.2) is 4.79 Å². The summed E-state index contributed by atoms with van der Waals surface area (Å²) >= 11 is 6.02. The first kappa shape index (κ1) is 19.8. The Hall–Kier alpha value is -2.99. The number of aromatic nitrogens is 1. The van der Waals surface area contributed by atoms with Crippen LogP contribution in [0.1, 0.15) is 13.8 Å². The molecular weight excluding hydrogens is 380 g/mol. The molecule has 28 heavy (non-hydrogen) atoms. The summed E-state index contributed by atoms with van der Waals surface area (Å²) in [5.41, 5.74) is 0.942. The minimum atomic E-state index is -1.19. The van der Waals surface area contributed by atoms with Crippen LogP contribution in [0.4, 0.5) is 10.6 Å². The van der Waals surface area contributed by atoms with E-state index in [2.05, 4.69) is 0 Å². The van der Waals surface area contributed by atoms with E-state index in [0.717, 1.165) is 4.90 Å². The lowest BCUT2D eigenvalue weighted by Crippen LogP contribution is -2.34. The maximum absolute atomic E-state index is 13.2. The van der Waals surface area contributed by atoms with Crippen LogP contribution in [0.2, 0.25) is 5.02 Å². The Labute approximate surface area is 167 Å². The number of halogens is 1. The summed E-state index contributed by atoms with van der Waals surface area (Å²) in [6, 6.07) is 11.4. The van der Waals surface area contributed by atoms with Crippen molar-refractivity contribution in [3.05, 3.63) is 57.8 Å². The number of phenols is 1. The first-order valence-corrected chi connectivity index (χ1v) is 9.20. The van der Waals surface area contributed by atoms with Crippen molar-refractivity contribution in [3.63, 3.8) is 0 Å². The van der Waals surface area contributed by atoms with Gasteiger partial charge >= 0.3 is 6.09 Å². The number of benzene rings is 2. The molecule has 0 radical (unpaired) electrons. The molecule has 0 atom stereocenters. The average Bonchev–Trinajstić information content (AvgIpc) is 2.63. The summed E-state index contributed by atoms with van der Waals surface area (Å²) in [6.45, 7) is 4.27. The van der Waals surface area contributed by atoms with Crippen LogP contribution in [0.3, 0.4) is 0 Å². The van der Waals surface area contributed by atoms with Crippen molar-refractivity contribution in [2.75, 3.05) is 11.9 Å². The number of rotatable bonds is 4. The zero-order valence-corrected chi connectivity index (χ0v) is 16.6. The summed E-state index contributed by atoms with van der Waals surface area (Å²) in [5, 5.41) is 21.1. The highest BCUT2D eigenvalue weighted by atomic mass is 35.5. The third-order valence-corrected chi connectivity index (χ3v) is 4.76. The molecule has 2 aromatic carbocycles. The Bertz CT molecular complexity index is 1100. The third-order valence-electron chi connectivity index (χ3n) is 4.51. The summed E-state index contributed by atoms with van der Waals surface area (Å²) in [7, 11) is 1.40. The number of carboxylic acid groups (broad SMARTS) is 1. The van der Waals surface area contributed by atoms with Gasteiger partial charge < -0.3 is 10.2 Å². The van der Waals surface area contributed by atoms with Crippen LogP contribution in [0, 0.1) is 5.92 Å². The number of amides is 1. The molecule has 0 spiro atoms. The number of fused-ring (bicyclic) bond motifs is 1. The van der Waals surface area contributed by atoms with Gasteiger partial charge in [0.2, 0.25) is 0 Å². The molecule has 0 aliphatic carbocycles. The molecule has 0 aliphatic heterocycles. The topological polar surface area (TPSA) is 82.8 Å². The maximum Gasteiger partial charge on any atom is 0.412 e. The van der Waals surface area contributed by atoms with Crippen LogP contribution in [0.5, 0.6) is 5.75 Å². The number of carbonyl (C=O) groups is 1. The molecule has 0 saturated heterocycles. The van der Waals surface area contributed by atoms with Gasteiger partial charge in [0.05, 0.1) is 0 Å². The van der Waals surface area contributed by atoms with Crippen molar-refractivity contribution in [3.8, 4) is 16.9 Å². The molecule has 146 valence electrons. The molecular formula is C21H21ClN2O4. The Morgan fingerprint density at radius 3 is 2.36 bits per heavy atom. The van der Waals surface area contributed by atoms with E-state index in [9.17, 15) is 19.8 Å². The highest BCUT2D eigenvalue weighted by molar-refractivity contribution is 6.30. The monoisotopic (exact) mass is 400 g/mol. The van der Waals surface area contributed by atoms with Crippen molar-refractivity contribution in [1.29, 1.82) is 0 Å². The predicted octanol–water partition coefficient (Wildman–Crippen LogP) is 4.80. The van der Waals surface area contributed by atoms with Gasteiger partial charge in [-0.05, 0) is 41.8 Å². The third kappa shape index (κ3) is 3.55. The van der Waals surface area contributed by atoms with Crippen LogP contribution < -0.4 is 10.5 Å². The van der Waals surface area contributed by atoms with Crippen LogP contribution in [0.15, 0.2) is 47.3 Å². The lowest BCUT2D eigenvalue weighted by atomic mass is 9.98. The zero-order chi connectivity index (χ0) is 20.6. The Kier molecular flexibility index (Phi) is 5.34. The number of nitrogens with zero attached hydrogens (tertiary/aromatic N) is 2. The van der Waals surface area contributed by atoms with Gasteiger partial charge in [-0.2, -0.15) is 0 Å². The van der Waals surface area contributed by atoms with Gasteiger partial charge in [0.15, 0.2) is 0 Å². The molecule has 1 amide bonds. The van der Waals surface area contributed by atoms with E-state index in [4.69, 9.17) is 11.6 Å². The van der Waals surface area contributed by atoms with Crippen molar-refractivity contribution in [1.82, 2.24) is 4.57 Å². The van der Waals surface area contributed by atoms with Gasteiger partial charge in [0.1, 0.15) is 11.6 Å². The fraction of sp³-hybridized carbons (Fsp3) is 0.238. The molecule has 3 aromatic rings. The van der Waals surface area contributed by atoms with E-state index in [1.54, 1.807) is 30.3 Å². The summed E-state index contributed by atoms with van der Waals surface area (Å²) < 4.78 is 1.49. The van der Waals surface area contributed by atoms with Gasteiger partial charge in [-0.1, -0.05) is 37.6 Å². The number of pyridine rings is 1. The number of aromatic hydroxyl groups is 1. The summed E-state index contributed by atoms with van der Waals surface area (Å²) in [5.74, 6) is 0.366. The Balaban J connectivity index is 2.54. The second-order valence-electron chi connectivity index (χ2n) is 7.09. The lowest BCUT2D eigenvalue weighted by Gasteiger charge is -2.25. The fourth-order valence-corrected chi connectivity index (χ4v) is 3.42. The SMILES string of the molecule is CC(C)Cn1c(N(C)C(=O)O)c(-c2ccc(Cl)cc2)c2cc(O)ccc2c1=O. The van der Waals surface area contributed by atoms with E-state index in [1.165, 1.54) is 23.7 Å². The van der Waals surface area contributed by atoms with Crippen molar-refractivity contribution >= 4 is 34.3 Å². The Morgan fingerprint density at radius 2 is 1.79 bits per heavy atom. The first-order valence-electron chi connectivity index (χ1n) is 8.82. The average molecular weight is 401 g/mol. The molecule has 0 bridgehead atoms. The molecule has 0 unspecified atom stereocenters. The highest BCUT2D eigenvalue weighted by Crippen LogP contribution is 2.38. The molecule has 0 fully saturated rings. The summed E-state index contributed by atoms with van der Waals surface area (Å²) in [4.78, 5) is 26.1. The van der Waals surface area contributed by atoms with Gasteiger partial charge in [-0.3, -0.25) is 14.3 Å². The largest absolute Gasteiger partial charge is 0.508 e. The van der Waals surface area contributed by atoms with E-state index in [-0.39, 0.29) is 23.0 Å². The van der Waals surface area contributed by atoms with Crippen LogP contribution >= 0.6 is 11.6 Å². The predicted molar refractivity (Wildman–Crippen MR) is 112 cm³/mol. The van der Waals surface area contributed by atoms with E-state index >= 15 is 0 Å². The Morgan fingerprint density at radius 1 is 1.14 bits per heavy atom. The highest BCUT2D eigenvalue weighted by Gasteiger charge is 2.24.